The summed E-state index contributed by atoms with van der Waals surface area (Å²) in [5.74, 6) is -0.0702. The van der Waals surface area contributed by atoms with Crippen LogP contribution >= 0.6 is 0 Å². The Morgan fingerprint density at radius 1 is 1.03 bits per heavy atom. The van der Waals surface area contributed by atoms with E-state index < -0.39 is 5.41 Å². The molecule has 0 saturated carbocycles. The first-order chi connectivity index (χ1) is 15.1. The summed E-state index contributed by atoms with van der Waals surface area (Å²) in [7, 11) is 0. The molecule has 9 heteroatoms. The molecule has 5 rings (SSSR count). The highest BCUT2D eigenvalue weighted by Gasteiger charge is 2.51. The molecule has 4 heterocycles. The molecule has 2 amide bonds. The van der Waals surface area contributed by atoms with Crippen molar-refractivity contribution in [3.05, 3.63) is 40.3 Å². The van der Waals surface area contributed by atoms with E-state index in [1.54, 1.807) is 29.2 Å². The molecular formula is C22H27N5O4. The number of fused-ring (bicyclic) bond motifs is 1. The number of H-pyrrole nitrogens is 1. The van der Waals surface area contributed by atoms with Gasteiger partial charge in [-0.15, -0.1) is 0 Å². The first kappa shape index (κ1) is 20.1. The number of likely N-dealkylation sites (tertiary alicyclic amines) is 2. The lowest BCUT2D eigenvalue weighted by molar-refractivity contribution is -0.135. The maximum atomic E-state index is 13.2. The molecule has 1 spiro atoms. The Labute approximate surface area is 179 Å². The van der Waals surface area contributed by atoms with Gasteiger partial charge in [0.15, 0.2) is 5.69 Å². The van der Waals surface area contributed by atoms with Crippen molar-refractivity contribution in [1.29, 1.82) is 0 Å². The van der Waals surface area contributed by atoms with Crippen LogP contribution < -0.4 is 5.56 Å². The molecule has 0 bridgehead atoms. The van der Waals surface area contributed by atoms with Gasteiger partial charge in [-0.1, -0.05) is 18.2 Å². The molecule has 2 aromatic rings. The zero-order valence-corrected chi connectivity index (χ0v) is 17.5. The molecule has 3 aliphatic rings. The summed E-state index contributed by atoms with van der Waals surface area (Å²) in [6.07, 6.45) is 1.45. The van der Waals surface area contributed by atoms with E-state index in [2.05, 4.69) is 15.1 Å². The second kappa shape index (κ2) is 8.05. The quantitative estimate of drug-likeness (QED) is 0.758. The third-order valence-corrected chi connectivity index (χ3v) is 6.93. The van der Waals surface area contributed by atoms with Gasteiger partial charge >= 0.3 is 0 Å². The van der Waals surface area contributed by atoms with Crippen molar-refractivity contribution in [3.63, 3.8) is 0 Å². The van der Waals surface area contributed by atoms with Crippen molar-refractivity contribution in [1.82, 2.24) is 24.9 Å². The highest BCUT2D eigenvalue weighted by Crippen LogP contribution is 2.41. The van der Waals surface area contributed by atoms with Gasteiger partial charge in [0.1, 0.15) is 0 Å². The number of ether oxygens (including phenoxy) is 1. The molecule has 0 aliphatic carbocycles. The number of carbonyl (C=O) groups is 2. The van der Waals surface area contributed by atoms with E-state index >= 15 is 0 Å². The maximum Gasteiger partial charge on any atom is 0.274 e. The van der Waals surface area contributed by atoms with Crippen LogP contribution in [-0.4, -0.2) is 95.7 Å². The van der Waals surface area contributed by atoms with Gasteiger partial charge in [0, 0.05) is 51.2 Å². The van der Waals surface area contributed by atoms with Gasteiger partial charge < -0.3 is 14.5 Å². The van der Waals surface area contributed by atoms with Crippen LogP contribution in [0.25, 0.3) is 10.8 Å². The zero-order valence-electron chi connectivity index (χ0n) is 17.5. The largest absolute Gasteiger partial charge is 0.379 e. The van der Waals surface area contributed by atoms with Crippen molar-refractivity contribution in [2.75, 3.05) is 59.0 Å². The zero-order chi connectivity index (χ0) is 21.4. The fourth-order valence-electron chi connectivity index (χ4n) is 5.05. The Balaban J connectivity index is 1.28. The molecule has 9 nitrogen and oxygen atoms in total. The standard InChI is InChI=1S/C22H27N5O4/c28-19-17-4-2-1-3-16(17)18(23-24-19)20(29)27-8-6-22(15-27)5-7-26(21(22)30)10-9-25-11-13-31-14-12-25/h1-4H,5-15H2,(H,24,28). The van der Waals surface area contributed by atoms with Crippen LogP contribution in [0, 0.1) is 5.41 Å². The Morgan fingerprint density at radius 2 is 1.77 bits per heavy atom. The van der Waals surface area contributed by atoms with Gasteiger partial charge in [-0.25, -0.2) is 5.10 Å². The van der Waals surface area contributed by atoms with Gasteiger partial charge in [-0.3, -0.25) is 19.3 Å². The Hall–Kier alpha value is -2.78. The smallest absolute Gasteiger partial charge is 0.274 e. The van der Waals surface area contributed by atoms with Crippen LogP contribution in [0.2, 0.25) is 0 Å². The first-order valence-electron chi connectivity index (χ1n) is 10.9. The molecule has 1 N–H and O–H groups in total. The second-order valence-electron chi connectivity index (χ2n) is 8.70. The first-order valence-corrected chi connectivity index (χ1v) is 10.9. The lowest BCUT2D eigenvalue weighted by Crippen LogP contribution is -2.44. The summed E-state index contributed by atoms with van der Waals surface area (Å²) in [4.78, 5) is 44.5. The number of aromatic nitrogens is 2. The summed E-state index contributed by atoms with van der Waals surface area (Å²) in [5.41, 5.74) is -0.563. The normalized spacial score (nSPS) is 24.6. The molecule has 164 valence electrons. The van der Waals surface area contributed by atoms with E-state index in [1.165, 1.54) is 0 Å². The van der Waals surface area contributed by atoms with E-state index in [0.717, 1.165) is 52.4 Å². The van der Waals surface area contributed by atoms with Crippen molar-refractivity contribution in [2.24, 2.45) is 5.41 Å². The molecule has 31 heavy (non-hydrogen) atoms. The predicted molar refractivity (Wildman–Crippen MR) is 114 cm³/mol. The van der Waals surface area contributed by atoms with Gasteiger partial charge in [0.25, 0.3) is 11.5 Å². The molecular weight excluding hydrogens is 398 g/mol. The summed E-state index contributed by atoms with van der Waals surface area (Å²) in [5, 5.41) is 7.46. The van der Waals surface area contributed by atoms with E-state index in [1.807, 2.05) is 4.90 Å². The van der Waals surface area contributed by atoms with Crippen LogP contribution in [-0.2, 0) is 9.53 Å². The summed E-state index contributed by atoms with van der Waals surface area (Å²) in [6, 6.07) is 6.98. The van der Waals surface area contributed by atoms with Crippen molar-refractivity contribution in [3.8, 4) is 0 Å². The summed E-state index contributed by atoms with van der Waals surface area (Å²) in [6.45, 7) is 6.59. The molecule has 1 aromatic heterocycles. The average Bonchev–Trinajstić information content (AvgIpc) is 3.38. The monoisotopic (exact) mass is 425 g/mol. The topological polar surface area (TPSA) is 98.8 Å². The third-order valence-electron chi connectivity index (χ3n) is 6.93. The van der Waals surface area contributed by atoms with Crippen LogP contribution in [0.4, 0.5) is 0 Å². The molecule has 1 unspecified atom stereocenters. The van der Waals surface area contributed by atoms with E-state index in [4.69, 9.17) is 4.74 Å². The van der Waals surface area contributed by atoms with Gasteiger partial charge in [-0.05, 0) is 18.9 Å². The molecule has 3 fully saturated rings. The van der Waals surface area contributed by atoms with Crippen molar-refractivity contribution < 1.29 is 14.3 Å². The number of nitrogens with zero attached hydrogens (tertiary/aromatic N) is 4. The highest BCUT2D eigenvalue weighted by atomic mass is 16.5. The van der Waals surface area contributed by atoms with Gasteiger partial charge in [0.05, 0.1) is 24.0 Å². The number of rotatable bonds is 4. The lowest BCUT2D eigenvalue weighted by Gasteiger charge is -2.29. The SMILES string of the molecule is O=C(c1n[nH]c(=O)c2ccccc12)N1CCC2(CCN(CCN3CCOCC3)C2=O)C1. The number of carbonyl (C=O) groups excluding carboxylic acids is 2. The van der Waals surface area contributed by atoms with Gasteiger partial charge in [0.2, 0.25) is 5.91 Å². The minimum absolute atomic E-state index is 0.162. The summed E-state index contributed by atoms with van der Waals surface area (Å²) < 4.78 is 5.39. The number of aromatic amines is 1. The minimum atomic E-state index is -0.487. The van der Waals surface area contributed by atoms with E-state index in [-0.39, 0.29) is 23.1 Å². The molecule has 3 saturated heterocycles. The van der Waals surface area contributed by atoms with Gasteiger partial charge in [-0.2, -0.15) is 5.10 Å². The average molecular weight is 425 g/mol. The fraction of sp³-hybridized carbons (Fsp3) is 0.545. The number of hydrogen-bond acceptors (Lipinski definition) is 6. The molecule has 1 atom stereocenters. The van der Waals surface area contributed by atoms with Crippen LogP contribution in [0.1, 0.15) is 23.3 Å². The van der Waals surface area contributed by atoms with Crippen molar-refractivity contribution in [2.45, 2.75) is 12.8 Å². The van der Waals surface area contributed by atoms with Crippen LogP contribution in [0.5, 0.6) is 0 Å². The number of morpholine rings is 1. The summed E-state index contributed by atoms with van der Waals surface area (Å²) >= 11 is 0. The molecule has 1 aromatic carbocycles. The van der Waals surface area contributed by atoms with E-state index in [0.29, 0.717) is 30.3 Å². The number of nitrogens with one attached hydrogen (secondary N) is 1. The predicted octanol–water partition coefficient (Wildman–Crippen LogP) is 0.320. The van der Waals surface area contributed by atoms with Crippen molar-refractivity contribution >= 4 is 22.6 Å². The lowest BCUT2D eigenvalue weighted by atomic mass is 9.85. The Bertz CT molecular complexity index is 1060. The van der Waals surface area contributed by atoms with Crippen LogP contribution in [0.15, 0.2) is 29.1 Å². The third kappa shape index (κ3) is 3.61. The molecule has 0 radical (unpaired) electrons. The maximum absolute atomic E-state index is 13.2. The fourth-order valence-corrected chi connectivity index (χ4v) is 5.05. The number of benzene rings is 1. The highest BCUT2D eigenvalue weighted by molar-refractivity contribution is 6.05. The second-order valence-corrected chi connectivity index (χ2v) is 8.70. The number of hydrogen-bond donors (Lipinski definition) is 1. The Kier molecular flexibility index (Phi) is 5.23. The van der Waals surface area contributed by atoms with Crippen LogP contribution in [0.3, 0.4) is 0 Å². The minimum Gasteiger partial charge on any atom is -0.379 e. The Morgan fingerprint density at radius 3 is 2.58 bits per heavy atom. The van der Waals surface area contributed by atoms with E-state index in [9.17, 15) is 14.4 Å². The molecule has 3 aliphatic heterocycles. The number of amides is 2.